The Balaban J connectivity index is 2.26. The van der Waals surface area contributed by atoms with Crippen LogP contribution in [0.3, 0.4) is 0 Å². The molecule has 2 unspecified atom stereocenters. The standard InChI is InChI=1S/C15H19NO3/c1-10-8-9-14(18-10)15(11(2)16)19-13-7-5-4-6-12(13)17-3/h4-9,11,15H,16H2,1-3H3. The summed E-state index contributed by atoms with van der Waals surface area (Å²) in [6.45, 7) is 3.78. The van der Waals surface area contributed by atoms with Gasteiger partial charge in [-0.25, -0.2) is 0 Å². The molecule has 0 aliphatic rings. The second kappa shape index (κ2) is 5.80. The number of furan rings is 1. The van der Waals surface area contributed by atoms with Crippen LogP contribution < -0.4 is 15.2 Å². The summed E-state index contributed by atoms with van der Waals surface area (Å²) in [6, 6.07) is 11.1. The molecule has 102 valence electrons. The molecular formula is C15H19NO3. The molecule has 0 saturated heterocycles. The van der Waals surface area contributed by atoms with Gasteiger partial charge >= 0.3 is 0 Å². The van der Waals surface area contributed by atoms with E-state index in [9.17, 15) is 0 Å². The Morgan fingerprint density at radius 1 is 1.11 bits per heavy atom. The summed E-state index contributed by atoms with van der Waals surface area (Å²) in [6.07, 6.45) is -0.343. The van der Waals surface area contributed by atoms with Crippen molar-refractivity contribution in [1.82, 2.24) is 0 Å². The highest BCUT2D eigenvalue weighted by Crippen LogP contribution is 2.32. The van der Waals surface area contributed by atoms with Crippen LogP contribution in [0.5, 0.6) is 11.5 Å². The maximum absolute atomic E-state index is 5.99. The predicted octanol–water partition coefficient (Wildman–Crippen LogP) is 3.06. The van der Waals surface area contributed by atoms with Gasteiger partial charge in [-0.3, -0.25) is 0 Å². The molecule has 0 amide bonds. The number of aryl methyl sites for hydroxylation is 1. The largest absolute Gasteiger partial charge is 0.493 e. The first-order chi connectivity index (χ1) is 9.11. The molecule has 4 heteroatoms. The number of methoxy groups -OCH3 is 1. The Morgan fingerprint density at radius 2 is 1.79 bits per heavy atom. The second-order valence-electron chi connectivity index (χ2n) is 4.50. The van der Waals surface area contributed by atoms with Crippen LogP contribution in [0.25, 0.3) is 0 Å². The minimum Gasteiger partial charge on any atom is -0.493 e. The van der Waals surface area contributed by atoms with E-state index < -0.39 is 0 Å². The summed E-state index contributed by atoms with van der Waals surface area (Å²) in [5.41, 5.74) is 5.99. The number of hydrogen-bond donors (Lipinski definition) is 1. The fourth-order valence-electron chi connectivity index (χ4n) is 1.88. The molecule has 0 bridgehead atoms. The van der Waals surface area contributed by atoms with Crippen LogP contribution in [0.2, 0.25) is 0 Å². The van der Waals surface area contributed by atoms with Crippen molar-refractivity contribution >= 4 is 0 Å². The molecular weight excluding hydrogens is 242 g/mol. The molecule has 2 rings (SSSR count). The van der Waals surface area contributed by atoms with Gasteiger partial charge in [0.2, 0.25) is 0 Å². The molecule has 2 N–H and O–H groups in total. The zero-order chi connectivity index (χ0) is 13.8. The third-order valence-electron chi connectivity index (χ3n) is 2.84. The van der Waals surface area contributed by atoms with E-state index in [0.29, 0.717) is 11.5 Å². The predicted molar refractivity (Wildman–Crippen MR) is 73.5 cm³/mol. The smallest absolute Gasteiger partial charge is 0.171 e. The first-order valence-electron chi connectivity index (χ1n) is 6.23. The number of para-hydroxylation sites is 2. The molecule has 0 radical (unpaired) electrons. The van der Waals surface area contributed by atoms with Crippen molar-refractivity contribution in [1.29, 1.82) is 0 Å². The molecule has 19 heavy (non-hydrogen) atoms. The lowest BCUT2D eigenvalue weighted by atomic mass is 10.1. The summed E-state index contributed by atoms with van der Waals surface area (Å²) in [7, 11) is 1.61. The Morgan fingerprint density at radius 3 is 2.32 bits per heavy atom. The van der Waals surface area contributed by atoms with Gasteiger partial charge in [0.25, 0.3) is 0 Å². The summed E-state index contributed by atoms with van der Waals surface area (Å²) in [4.78, 5) is 0. The van der Waals surface area contributed by atoms with Crippen molar-refractivity contribution in [3.05, 3.63) is 47.9 Å². The van der Waals surface area contributed by atoms with Gasteiger partial charge in [-0.2, -0.15) is 0 Å². The van der Waals surface area contributed by atoms with Gasteiger partial charge in [0.15, 0.2) is 17.6 Å². The molecule has 0 saturated carbocycles. The molecule has 4 nitrogen and oxygen atoms in total. The minimum atomic E-state index is -0.343. The van der Waals surface area contributed by atoms with Crippen LogP contribution in [0.15, 0.2) is 40.8 Å². The number of ether oxygens (including phenoxy) is 2. The Kier molecular flexibility index (Phi) is 4.12. The Labute approximate surface area is 113 Å². The highest BCUT2D eigenvalue weighted by molar-refractivity contribution is 5.39. The summed E-state index contributed by atoms with van der Waals surface area (Å²) in [5, 5.41) is 0. The van der Waals surface area contributed by atoms with Crippen LogP contribution >= 0.6 is 0 Å². The van der Waals surface area contributed by atoms with E-state index in [1.165, 1.54) is 0 Å². The van der Waals surface area contributed by atoms with Gasteiger partial charge in [-0.15, -0.1) is 0 Å². The molecule has 1 heterocycles. The van der Waals surface area contributed by atoms with E-state index >= 15 is 0 Å². The maximum atomic E-state index is 5.99. The van der Waals surface area contributed by atoms with Crippen LogP contribution in [-0.4, -0.2) is 13.2 Å². The molecule has 1 aromatic carbocycles. The van der Waals surface area contributed by atoms with Crippen LogP contribution in [-0.2, 0) is 0 Å². The van der Waals surface area contributed by atoms with Gasteiger partial charge in [-0.1, -0.05) is 12.1 Å². The third kappa shape index (κ3) is 3.09. The highest BCUT2D eigenvalue weighted by Gasteiger charge is 2.22. The highest BCUT2D eigenvalue weighted by atomic mass is 16.5. The molecule has 2 aromatic rings. The number of rotatable bonds is 5. The van der Waals surface area contributed by atoms with Crippen molar-refractivity contribution in [2.75, 3.05) is 7.11 Å². The molecule has 2 atom stereocenters. The monoisotopic (exact) mass is 261 g/mol. The first kappa shape index (κ1) is 13.5. The Bertz CT molecular complexity index is 534. The lowest BCUT2D eigenvalue weighted by Gasteiger charge is -2.21. The van der Waals surface area contributed by atoms with E-state index in [-0.39, 0.29) is 12.1 Å². The van der Waals surface area contributed by atoms with Gasteiger partial charge in [0.05, 0.1) is 7.11 Å². The minimum absolute atomic E-state index is 0.199. The normalized spacial score (nSPS) is 13.9. The van der Waals surface area contributed by atoms with Gasteiger partial charge in [0.1, 0.15) is 11.5 Å². The summed E-state index contributed by atoms with van der Waals surface area (Å²) >= 11 is 0. The second-order valence-corrected chi connectivity index (χ2v) is 4.50. The fraction of sp³-hybridized carbons (Fsp3) is 0.333. The molecule has 1 aromatic heterocycles. The fourth-order valence-corrected chi connectivity index (χ4v) is 1.88. The number of nitrogens with two attached hydrogens (primary N) is 1. The summed E-state index contributed by atoms with van der Waals surface area (Å²) < 4.78 is 16.8. The SMILES string of the molecule is COc1ccccc1OC(c1ccc(C)o1)C(C)N. The van der Waals surface area contributed by atoms with Crippen molar-refractivity contribution < 1.29 is 13.9 Å². The number of benzene rings is 1. The van der Waals surface area contributed by atoms with Crippen LogP contribution in [0.4, 0.5) is 0 Å². The third-order valence-corrected chi connectivity index (χ3v) is 2.84. The van der Waals surface area contributed by atoms with Crippen molar-refractivity contribution in [2.45, 2.75) is 26.0 Å². The van der Waals surface area contributed by atoms with E-state index in [1.54, 1.807) is 7.11 Å². The van der Waals surface area contributed by atoms with Gasteiger partial charge < -0.3 is 19.6 Å². The van der Waals surface area contributed by atoms with Crippen molar-refractivity contribution in [3.63, 3.8) is 0 Å². The van der Waals surface area contributed by atoms with Crippen LogP contribution in [0, 0.1) is 6.92 Å². The summed E-state index contributed by atoms with van der Waals surface area (Å²) in [5.74, 6) is 2.89. The molecule has 0 fully saturated rings. The average Bonchev–Trinajstić information content (AvgIpc) is 2.82. The van der Waals surface area contributed by atoms with E-state index in [1.807, 2.05) is 50.2 Å². The van der Waals surface area contributed by atoms with E-state index in [0.717, 1.165) is 11.5 Å². The Hall–Kier alpha value is -1.94. The van der Waals surface area contributed by atoms with Crippen molar-refractivity contribution in [3.8, 4) is 11.5 Å². The van der Waals surface area contributed by atoms with Crippen molar-refractivity contribution in [2.24, 2.45) is 5.73 Å². The van der Waals surface area contributed by atoms with E-state index in [2.05, 4.69) is 0 Å². The zero-order valence-corrected chi connectivity index (χ0v) is 11.4. The molecule has 0 aliphatic carbocycles. The number of hydrogen-bond acceptors (Lipinski definition) is 4. The topological polar surface area (TPSA) is 57.6 Å². The van der Waals surface area contributed by atoms with E-state index in [4.69, 9.17) is 19.6 Å². The van der Waals surface area contributed by atoms with Crippen LogP contribution in [0.1, 0.15) is 24.5 Å². The molecule has 0 spiro atoms. The quantitative estimate of drug-likeness (QED) is 0.898. The first-order valence-corrected chi connectivity index (χ1v) is 6.23. The zero-order valence-electron chi connectivity index (χ0n) is 11.4. The van der Waals surface area contributed by atoms with Gasteiger partial charge in [0, 0.05) is 6.04 Å². The molecule has 0 aliphatic heterocycles. The lowest BCUT2D eigenvalue weighted by Crippen LogP contribution is -2.28. The van der Waals surface area contributed by atoms with Gasteiger partial charge in [-0.05, 0) is 38.1 Å². The maximum Gasteiger partial charge on any atom is 0.171 e. The average molecular weight is 261 g/mol. The lowest BCUT2D eigenvalue weighted by molar-refractivity contribution is 0.146.